The zero-order valence-electron chi connectivity index (χ0n) is 14.0. The average molecular weight is 365 g/mol. The number of carbonyl (C=O) groups is 1. The van der Waals surface area contributed by atoms with Crippen LogP contribution in [0.1, 0.15) is 24.8 Å². The van der Waals surface area contributed by atoms with E-state index in [9.17, 15) is 18.0 Å². The van der Waals surface area contributed by atoms with Crippen LogP contribution in [0.2, 0.25) is 0 Å². The van der Waals surface area contributed by atoms with Crippen molar-refractivity contribution < 1.29 is 18.0 Å². The van der Waals surface area contributed by atoms with Gasteiger partial charge in [0.2, 0.25) is 11.9 Å². The Hall–Kier alpha value is -2.71. The minimum absolute atomic E-state index is 0.00585. The molecule has 1 aromatic heterocycles. The fraction of sp³-hybridized carbons (Fsp3) is 0.412. The number of carbonyl (C=O) groups excluding carboxylic acids is 1. The predicted molar refractivity (Wildman–Crippen MR) is 88.3 cm³/mol. The molecule has 1 aromatic carbocycles. The molecule has 0 N–H and O–H groups in total. The second kappa shape index (κ2) is 7.67. The highest BCUT2D eigenvalue weighted by atomic mass is 19.4. The third-order valence-electron chi connectivity index (χ3n) is 4.16. The van der Waals surface area contributed by atoms with E-state index in [0.717, 1.165) is 44.5 Å². The first-order valence-electron chi connectivity index (χ1n) is 8.31. The topological polar surface area (TPSA) is 62.9 Å². The fourth-order valence-electron chi connectivity index (χ4n) is 2.74. The fourth-order valence-corrected chi connectivity index (χ4v) is 2.74. The van der Waals surface area contributed by atoms with Gasteiger partial charge in [-0.25, -0.2) is 4.98 Å². The molecule has 1 amide bonds. The normalized spacial score (nSPS) is 15.6. The van der Waals surface area contributed by atoms with Crippen molar-refractivity contribution >= 4 is 17.5 Å². The molecule has 0 spiro atoms. The lowest BCUT2D eigenvalue weighted by atomic mass is 10.1. The summed E-state index contributed by atoms with van der Waals surface area (Å²) in [6, 6.07) is 4.36. The summed E-state index contributed by atoms with van der Waals surface area (Å²) in [4.78, 5) is 18.2. The number of rotatable bonds is 4. The first kappa shape index (κ1) is 18.1. The van der Waals surface area contributed by atoms with Crippen molar-refractivity contribution in [1.29, 1.82) is 0 Å². The molecule has 26 heavy (non-hydrogen) atoms. The molecular formula is C17H18F3N5O. The number of imidazole rings is 1. The molecule has 0 unspecified atom stereocenters. The molecule has 0 bridgehead atoms. The summed E-state index contributed by atoms with van der Waals surface area (Å²) in [6.45, 7) is 1.63. The van der Waals surface area contributed by atoms with Crippen LogP contribution in [0.3, 0.4) is 0 Å². The number of amides is 1. The van der Waals surface area contributed by atoms with Gasteiger partial charge in [-0.1, -0.05) is 0 Å². The van der Waals surface area contributed by atoms with Crippen LogP contribution >= 0.6 is 0 Å². The molecule has 1 saturated heterocycles. The Balaban J connectivity index is 1.66. The maximum atomic E-state index is 12.6. The smallest absolute Gasteiger partial charge is 0.341 e. The van der Waals surface area contributed by atoms with E-state index < -0.39 is 11.7 Å². The summed E-state index contributed by atoms with van der Waals surface area (Å²) >= 11 is 0. The Morgan fingerprint density at radius 3 is 2.42 bits per heavy atom. The second-order valence-corrected chi connectivity index (χ2v) is 6.04. The van der Waals surface area contributed by atoms with Crippen LogP contribution in [0.25, 0.3) is 0 Å². The van der Waals surface area contributed by atoms with E-state index in [-0.39, 0.29) is 24.1 Å². The van der Waals surface area contributed by atoms with Crippen LogP contribution in [0.5, 0.6) is 0 Å². The van der Waals surface area contributed by atoms with E-state index >= 15 is 0 Å². The van der Waals surface area contributed by atoms with Crippen molar-refractivity contribution in [3.63, 3.8) is 0 Å². The molecular weight excluding hydrogens is 347 g/mol. The average Bonchev–Trinajstić information content (AvgIpc) is 3.07. The van der Waals surface area contributed by atoms with Crippen LogP contribution in [-0.4, -0.2) is 33.4 Å². The lowest BCUT2D eigenvalue weighted by Gasteiger charge is -2.26. The Kier molecular flexibility index (Phi) is 5.34. The summed E-state index contributed by atoms with van der Waals surface area (Å²) < 4.78 is 39.2. The maximum absolute atomic E-state index is 12.6. The Labute approximate surface area is 148 Å². The lowest BCUT2D eigenvalue weighted by Crippen LogP contribution is -2.37. The van der Waals surface area contributed by atoms with E-state index in [1.807, 2.05) is 4.90 Å². The molecule has 9 heteroatoms. The van der Waals surface area contributed by atoms with Gasteiger partial charge < -0.3 is 9.47 Å². The molecule has 3 rings (SSSR count). The molecule has 1 aliphatic heterocycles. The highest BCUT2D eigenvalue weighted by Crippen LogP contribution is 2.30. The number of halogens is 3. The molecule has 0 aliphatic carbocycles. The van der Waals surface area contributed by atoms with Crippen molar-refractivity contribution in [2.75, 3.05) is 13.1 Å². The molecule has 0 atom stereocenters. The van der Waals surface area contributed by atoms with Gasteiger partial charge in [-0.2, -0.15) is 13.2 Å². The third-order valence-corrected chi connectivity index (χ3v) is 4.16. The van der Waals surface area contributed by atoms with Crippen LogP contribution in [-0.2, 0) is 17.5 Å². The lowest BCUT2D eigenvalue weighted by molar-refractivity contribution is -0.137. The van der Waals surface area contributed by atoms with E-state index in [1.165, 1.54) is 18.3 Å². The molecule has 6 nitrogen and oxygen atoms in total. The number of benzene rings is 1. The number of alkyl halides is 3. The van der Waals surface area contributed by atoms with Crippen LogP contribution < -0.4 is 0 Å². The SMILES string of the molecule is O=C(Cn1ccnc1N=Nc1ccc(C(F)(F)F)cc1)N1CCCCC1. The molecule has 2 aromatic rings. The minimum Gasteiger partial charge on any atom is -0.341 e. The highest BCUT2D eigenvalue weighted by Gasteiger charge is 2.29. The van der Waals surface area contributed by atoms with Gasteiger partial charge in [0.1, 0.15) is 6.54 Å². The van der Waals surface area contributed by atoms with Crippen molar-refractivity contribution in [2.24, 2.45) is 10.2 Å². The van der Waals surface area contributed by atoms with Gasteiger partial charge >= 0.3 is 6.18 Å². The predicted octanol–water partition coefficient (Wildman–Crippen LogP) is 4.33. The quantitative estimate of drug-likeness (QED) is 0.757. The molecule has 1 aliphatic rings. The van der Waals surface area contributed by atoms with Gasteiger partial charge in [0.25, 0.3) is 0 Å². The van der Waals surface area contributed by atoms with Crippen LogP contribution in [0.4, 0.5) is 24.8 Å². The molecule has 1 fully saturated rings. The van der Waals surface area contributed by atoms with Gasteiger partial charge in [-0.15, -0.1) is 10.2 Å². The van der Waals surface area contributed by atoms with Crippen molar-refractivity contribution in [3.8, 4) is 0 Å². The van der Waals surface area contributed by atoms with E-state index in [4.69, 9.17) is 0 Å². The largest absolute Gasteiger partial charge is 0.416 e. The number of likely N-dealkylation sites (tertiary alicyclic amines) is 1. The van der Waals surface area contributed by atoms with Gasteiger partial charge in [-0.05, 0) is 43.5 Å². The van der Waals surface area contributed by atoms with Gasteiger partial charge in [0.15, 0.2) is 0 Å². The number of aromatic nitrogens is 2. The summed E-state index contributed by atoms with van der Waals surface area (Å²) in [7, 11) is 0. The first-order chi connectivity index (χ1) is 12.4. The van der Waals surface area contributed by atoms with Crippen LogP contribution in [0.15, 0.2) is 46.9 Å². The third kappa shape index (κ3) is 4.47. The molecule has 0 saturated carbocycles. The number of piperidine rings is 1. The zero-order chi connectivity index (χ0) is 18.6. The Bertz CT molecular complexity index is 776. The summed E-state index contributed by atoms with van der Waals surface area (Å²) in [5, 5.41) is 7.85. The summed E-state index contributed by atoms with van der Waals surface area (Å²) in [5.41, 5.74) is -0.472. The number of nitrogens with zero attached hydrogens (tertiary/aromatic N) is 5. The van der Waals surface area contributed by atoms with Gasteiger partial charge in [-0.3, -0.25) is 4.79 Å². The van der Waals surface area contributed by atoms with E-state index in [2.05, 4.69) is 15.2 Å². The molecule has 138 valence electrons. The molecule has 2 heterocycles. The molecule has 0 radical (unpaired) electrons. The minimum atomic E-state index is -4.39. The summed E-state index contributed by atoms with van der Waals surface area (Å²) in [6.07, 6.45) is 1.90. The van der Waals surface area contributed by atoms with Gasteiger partial charge in [0, 0.05) is 25.5 Å². The monoisotopic (exact) mass is 365 g/mol. The van der Waals surface area contributed by atoms with Crippen LogP contribution in [0, 0.1) is 0 Å². The highest BCUT2D eigenvalue weighted by molar-refractivity contribution is 5.76. The number of hydrogen-bond acceptors (Lipinski definition) is 4. The maximum Gasteiger partial charge on any atom is 0.416 e. The Morgan fingerprint density at radius 1 is 1.08 bits per heavy atom. The number of hydrogen-bond donors (Lipinski definition) is 0. The number of azo groups is 1. The summed E-state index contributed by atoms with van der Waals surface area (Å²) in [5.74, 6) is 0.226. The van der Waals surface area contributed by atoms with Crippen molar-refractivity contribution in [2.45, 2.75) is 32.0 Å². The zero-order valence-corrected chi connectivity index (χ0v) is 14.0. The second-order valence-electron chi connectivity index (χ2n) is 6.04. The van der Waals surface area contributed by atoms with Crippen molar-refractivity contribution in [1.82, 2.24) is 14.5 Å². The van der Waals surface area contributed by atoms with E-state index in [1.54, 1.807) is 10.8 Å². The van der Waals surface area contributed by atoms with Gasteiger partial charge in [0.05, 0.1) is 11.3 Å². The van der Waals surface area contributed by atoms with E-state index in [0.29, 0.717) is 0 Å². The Morgan fingerprint density at radius 2 is 1.77 bits per heavy atom. The standard InChI is InChI=1S/C17H18F3N5O/c18-17(19,20)13-4-6-14(7-5-13)22-23-16-21-8-11-25(16)12-15(26)24-9-2-1-3-10-24/h4-8,11H,1-3,9-10,12H2. The first-order valence-corrected chi connectivity index (χ1v) is 8.31. The van der Waals surface area contributed by atoms with Crippen molar-refractivity contribution in [3.05, 3.63) is 42.2 Å².